The molecule has 0 aromatic carbocycles. The summed E-state index contributed by atoms with van der Waals surface area (Å²) in [6.07, 6.45) is 0. The summed E-state index contributed by atoms with van der Waals surface area (Å²) in [7, 11) is 1.63. The molecule has 0 saturated heterocycles. The van der Waals surface area contributed by atoms with Gasteiger partial charge < -0.3 is 9.72 Å². The highest BCUT2D eigenvalue weighted by molar-refractivity contribution is 7.13. The average Bonchev–Trinajstić information content (AvgIpc) is 2.95. The number of nitrogens with zero attached hydrogens (tertiary/aromatic N) is 2. The lowest BCUT2D eigenvalue weighted by atomic mass is 10.4. The number of rotatable bonds is 2. The number of methoxy groups -OCH3 is 1. The van der Waals surface area contributed by atoms with Crippen molar-refractivity contribution in [2.45, 2.75) is 0 Å². The van der Waals surface area contributed by atoms with Gasteiger partial charge in [-0.3, -0.25) is 0 Å². The molecule has 4 nitrogen and oxygen atoms in total. The summed E-state index contributed by atoms with van der Waals surface area (Å²) in [6.45, 7) is 0. The number of aromatic nitrogens is 3. The summed E-state index contributed by atoms with van der Waals surface area (Å²) in [5, 5.41) is 2.59. The van der Waals surface area contributed by atoms with Gasteiger partial charge in [0.1, 0.15) is 15.8 Å². The third kappa shape index (κ3) is 1.84. The Labute approximate surface area is 117 Å². The lowest BCUT2D eigenvalue weighted by Crippen LogP contribution is -1.83. The van der Waals surface area contributed by atoms with Crippen molar-refractivity contribution in [1.82, 2.24) is 15.0 Å². The molecule has 0 amide bonds. The number of hydrogen-bond acceptors (Lipinski definition) is 4. The zero-order chi connectivity index (χ0) is 12.7. The number of ether oxygens (including phenoxy) is 1. The fraction of sp³-hybridized carbons (Fsp3) is 0.0909. The maximum Gasteiger partial charge on any atom is 0.179 e. The van der Waals surface area contributed by atoms with E-state index in [4.69, 9.17) is 27.9 Å². The fourth-order valence-corrected chi connectivity index (χ4v) is 2.72. The van der Waals surface area contributed by atoms with Gasteiger partial charge in [-0.2, -0.15) is 0 Å². The second-order valence-electron chi connectivity index (χ2n) is 3.54. The Balaban J connectivity index is 2.19. The predicted molar refractivity (Wildman–Crippen MR) is 73.8 cm³/mol. The van der Waals surface area contributed by atoms with Crippen LogP contribution in [-0.4, -0.2) is 22.1 Å². The number of fused-ring (bicyclic) bond motifs is 1. The van der Waals surface area contributed by atoms with Gasteiger partial charge in [0.25, 0.3) is 0 Å². The quantitative estimate of drug-likeness (QED) is 0.728. The van der Waals surface area contributed by atoms with Crippen molar-refractivity contribution in [3.63, 3.8) is 0 Å². The molecule has 1 N–H and O–H groups in total. The molecule has 18 heavy (non-hydrogen) atoms. The third-order valence-electron chi connectivity index (χ3n) is 2.45. The third-order valence-corrected chi connectivity index (χ3v) is 4.02. The van der Waals surface area contributed by atoms with E-state index in [1.165, 1.54) is 11.3 Å². The number of hydrogen-bond donors (Lipinski definition) is 1. The molecule has 0 spiro atoms. The number of aromatic amines is 1. The van der Waals surface area contributed by atoms with E-state index in [1.54, 1.807) is 13.2 Å². The number of imidazole rings is 1. The molecule has 0 fully saturated rings. The van der Waals surface area contributed by atoms with E-state index in [-0.39, 0.29) is 5.15 Å². The van der Waals surface area contributed by atoms with Crippen molar-refractivity contribution in [2.24, 2.45) is 0 Å². The van der Waals surface area contributed by atoms with Crippen molar-refractivity contribution < 1.29 is 4.74 Å². The lowest BCUT2D eigenvalue weighted by Gasteiger charge is -1.97. The minimum absolute atomic E-state index is 0.250. The van der Waals surface area contributed by atoms with Gasteiger partial charge in [0.05, 0.1) is 17.6 Å². The molecule has 0 saturated carbocycles. The molecule has 0 unspecified atom stereocenters. The Hall–Kier alpha value is -1.30. The molecule has 92 valence electrons. The van der Waals surface area contributed by atoms with Crippen LogP contribution in [0.4, 0.5) is 0 Å². The Bertz CT molecular complexity index is 683. The van der Waals surface area contributed by atoms with Gasteiger partial charge in [0.2, 0.25) is 0 Å². The smallest absolute Gasteiger partial charge is 0.179 e. The normalized spacial score (nSPS) is 11.1. The molecule has 0 radical (unpaired) electrons. The van der Waals surface area contributed by atoms with Crippen LogP contribution >= 0.6 is 34.5 Å². The van der Waals surface area contributed by atoms with Gasteiger partial charge in [-0.15, -0.1) is 11.3 Å². The van der Waals surface area contributed by atoms with Gasteiger partial charge in [0.15, 0.2) is 11.5 Å². The van der Waals surface area contributed by atoms with E-state index in [2.05, 4.69) is 15.0 Å². The van der Waals surface area contributed by atoms with E-state index >= 15 is 0 Å². The zero-order valence-electron chi connectivity index (χ0n) is 9.20. The highest BCUT2D eigenvalue weighted by Gasteiger charge is 2.14. The average molecular weight is 300 g/mol. The summed E-state index contributed by atoms with van der Waals surface area (Å²) in [4.78, 5) is 12.6. The Kier molecular flexibility index (Phi) is 2.89. The molecule has 0 aliphatic heterocycles. The Morgan fingerprint density at radius 1 is 1.33 bits per heavy atom. The van der Waals surface area contributed by atoms with Crippen LogP contribution in [0.3, 0.4) is 0 Å². The van der Waals surface area contributed by atoms with E-state index in [1.807, 2.05) is 11.4 Å². The molecule has 7 heteroatoms. The molecular weight excluding hydrogens is 293 g/mol. The SMILES string of the molecule is COc1ccsc1-c1nc2nc(Cl)c(Cl)cc2[nH]1. The maximum absolute atomic E-state index is 5.92. The lowest BCUT2D eigenvalue weighted by molar-refractivity contribution is 0.418. The van der Waals surface area contributed by atoms with Crippen LogP contribution in [0, 0.1) is 0 Å². The first-order chi connectivity index (χ1) is 8.69. The second kappa shape index (κ2) is 4.42. The molecule has 3 rings (SSSR count). The molecule has 3 heterocycles. The van der Waals surface area contributed by atoms with Crippen molar-refractivity contribution in [3.05, 3.63) is 27.7 Å². The highest BCUT2D eigenvalue weighted by atomic mass is 35.5. The molecule has 3 aromatic heterocycles. The van der Waals surface area contributed by atoms with E-state index in [0.717, 1.165) is 16.1 Å². The minimum Gasteiger partial charge on any atom is -0.495 e. The van der Waals surface area contributed by atoms with Gasteiger partial charge in [-0.05, 0) is 17.5 Å². The number of H-pyrrole nitrogens is 1. The van der Waals surface area contributed by atoms with E-state index in [0.29, 0.717) is 16.5 Å². The maximum atomic E-state index is 5.92. The summed E-state index contributed by atoms with van der Waals surface area (Å²) < 4.78 is 5.26. The Morgan fingerprint density at radius 2 is 2.17 bits per heavy atom. The first-order valence-corrected chi connectivity index (χ1v) is 6.66. The van der Waals surface area contributed by atoms with E-state index < -0.39 is 0 Å². The zero-order valence-corrected chi connectivity index (χ0v) is 11.5. The number of pyridine rings is 1. The predicted octanol–water partition coefficient (Wildman–Crippen LogP) is 4.00. The summed E-state index contributed by atoms with van der Waals surface area (Å²) in [6, 6.07) is 3.60. The van der Waals surface area contributed by atoms with Crippen LogP contribution < -0.4 is 4.74 Å². The summed E-state index contributed by atoms with van der Waals surface area (Å²) in [5.41, 5.74) is 1.28. The first kappa shape index (κ1) is 11.8. The second-order valence-corrected chi connectivity index (χ2v) is 5.22. The van der Waals surface area contributed by atoms with Crippen molar-refractivity contribution in [2.75, 3.05) is 7.11 Å². The van der Waals surface area contributed by atoms with Gasteiger partial charge in [-0.1, -0.05) is 23.2 Å². The topological polar surface area (TPSA) is 50.8 Å². The van der Waals surface area contributed by atoms with Gasteiger partial charge in [0, 0.05) is 0 Å². The molecule has 0 aliphatic rings. The van der Waals surface area contributed by atoms with Crippen LogP contribution in [0.5, 0.6) is 5.75 Å². The molecule has 0 aliphatic carbocycles. The highest BCUT2D eigenvalue weighted by Crippen LogP contribution is 2.35. The summed E-state index contributed by atoms with van der Waals surface area (Å²) >= 11 is 13.3. The van der Waals surface area contributed by atoms with Crippen LogP contribution in [0.1, 0.15) is 0 Å². The molecule has 0 bridgehead atoms. The Morgan fingerprint density at radius 3 is 2.94 bits per heavy atom. The van der Waals surface area contributed by atoms with Crippen LogP contribution in [0.2, 0.25) is 10.2 Å². The van der Waals surface area contributed by atoms with Crippen LogP contribution in [-0.2, 0) is 0 Å². The van der Waals surface area contributed by atoms with Gasteiger partial charge in [-0.25, -0.2) is 9.97 Å². The van der Waals surface area contributed by atoms with Crippen LogP contribution in [0.25, 0.3) is 21.9 Å². The molecular formula is C11H7Cl2N3OS. The first-order valence-electron chi connectivity index (χ1n) is 5.02. The number of halogens is 2. The van der Waals surface area contributed by atoms with Crippen LogP contribution in [0.15, 0.2) is 17.5 Å². The van der Waals surface area contributed by atoms with Crippen molar-refractivity contribution in [3.8, 4) is 16.5 Å². The number of nitrogens with one attached hydrogen (secondary N) is 1. The van der Waals surface area contributed by atoms with Crippen molar-refractivity contribution >= 4 is 45.7 Å². The monoisotopic (exact) mass is 299 g/mol. The summed E-state index contributed by atoms with van der Waals surface area (Å²) in [5.74, 6) is 1.47. The standard InChI is InChI=1S/C11H7Cl2N3OS/c1-17-7-2-3-18-8(7)11-14-6-4-5(12)9(13)15-10(6)16-11/h2-4H,1H3,(H,14,15,16). The molecule has 3 aromatic rings. The molecule has 0 atom stereocenters. The van der Waals surface area contributed by atoms with Gasteiger partial charge >= 0.3 is 0 Å². The minimum atomic E-state index is 0.250. The van der Waals surface area contributed by atoms with Crippen molar-refractivity contribution in [1.29, 1.82) is 0 Å². The largest absolute Gasteiger partial charge is 0.495 e. The number of thiophene rings is 1. The van der Waals surface area contributed by atoms with E-state index in [9.17, 15) is 0 Å². The fourth-order valence-electron chi connectivity index (χ4n) is 1.63.